The molecule has 0 saturated carbocycles. The zero-order chi connectivity index (χ0) is 18.5. The second kappa shape index (κ2) is 6.17. The van der Waals surface area contributed by atoms with Crippen molar-refractivity contribution in [2.24, 2.45) is 0 Å². The Morgan fingerprint density at radius 3 is 2.52 bits per heavy atom. The molecule has 0 unspecified atom stereocenters. The van der Waals surface area contributed by atoms with Gasteiger partial charge in [-0.1, -0.05) is 0 Å². The summed E-state index contributed by atoms with van der Waals surface area (Å²) >= 11 is 5.40. The number of benzene rings is 1. The van der Waals surface area contributed by atoms with E-state index in [0.29, 0.717) is 0 Å². The second-order valence-corrected chi connectivity index (χ2v) is 8.89. The fraction of sp³-hybridized carbons (Fsp3) is 0.467. The lowest BCUT2D eigenvalue weighted by atomic mass is 10.1. The van der Waals surface area contributed by atoms with E-state index in [4.69, 9.17) is 12.2 Å². The van der Waals surface area contributed by atoms with Crippen LogP contribution in [0.2, 0.25) is 0 Å². The molecule has 0 spiro atoms. The molecular formula is C15H17F2N3O3S2. The predicted octanol–water partition coefficient (Wildman–Crippen LogP) is 0.626. The molecule has 136 valence electrons. The minimum atomic E-state index is -3.34. The number of thiocarbonyl (C=S) groups is 1. The molecule has 3 rings (SSSR count). The molecule has 10 heteroatoms. The highest BCUT2D eigenvalue weighted by Gasteiger charge is 2.53. The van der Waals surface area contributed by atoms with Gasteiger partial charge in [0.15, 0.2) is 14.9 Å². The number of rotatable bonds is 3. The van der Waals surface area contributed by atoms with Gasteiger partial charge in [-0.15, -0.1) is 0 Å². The van der Waals surface area contributed by atoms with E-state index in [0.717, 1.165) is 12.1 Å². The van der Waals surface area contributed by atoms with Gasteiger partial charge in [0.2, 0.25) is 5.91 Å². The van der Waals surface area contributed by atoms with E-state index in [1.807, 2.05) is 0 Å². The molecule has 0 aliphatic carbocycles. The number of hydrogen-bond acceptors (Lipinski definition) is 4. The molecular weight excluding hydrogens is 372 g/mol. The van der Waals surface area contributed by atoms with Crippen molar-refractivity contribution < 1.29 is 22.0 Å². The fourth-order valence-corrected chi connectivity index (χ4v) is 5.59. The number of carbonyl (C=O) groups excluding carboxylic acids is 1. The minimum Gasteiger partial charge on any atom is -0.347 e. The molecule has 2 saturated heterocycles. The average molecular weight is 389 g/mol. The molecule has 1 aromatic rings. The van der Waals surface area contributed by atoms with E-state index in [-0.39, 0.29) is 34.8 Å². The molecule has 0 aromatic heterocycles. The Bertz CT molecular complexity index is 844. The predicted molar refractivity (Wildman–Crippen MR) is 93.1 cm³/mol. The maximum Gasteiger partial charge on any atom is 0.241 e. The first kappa shape index (κ1) is 18.0. The Morgan fingerprint density at radius 2 is 1.92 bits per heavy atom. The number of anilines is 1. The first-order valence-electron chi connectivity index (χ1n) is 7.56. The lowest BCUT2D eigenvalue weighted by molar-refractivity contribution is -0.129. The molecule has 2 aliphatic rings. The largest absolute Gasteiger partial charge is 0.347 e. The molecule has 0 N–H and O–H groups in total. The summed E-state index contributed by atoms with van der Waals surface area (Å²) in [7, 11) is -0.174. The van der Waals surface area contributed by atoms with Gasteiger partial charge < -0.3 is 14.7 Å². The Hall–Kier alpha value is -1.81. The number of halogens is 2. The van der Waals surface area contributed by atoms with Crippen molar-refractivity contribution in [3.05, 3.63) is 29.8 Å². The third kappa shape index (κ3) is 3.20. The standard InChI is InChI=1S/C15H17F2N3O3S2/c1-18(2)14(21)6-19-12-7-25(22,23)8-13(12)20(15(19)24)11-4-3-9(16)5-10(11)17/h3-5,12-13H,6-8H2,1-2H3/t12-,13+/m0/s1. The number of sulfone groups is 1. The van der Waals surface area contributed by atoms with Crippen LogP contribution in [0.25, 0.3) is 0 Å². The van der Waals surface area contributed by atoms with Crippen molar-refractivity contribution in [2.75, 3.05) is 37.0 Å². The van der Waals surface area contributed by atoms with Gasteiger partial charge in [0, 0.05) is 20.2 Å². The van der Waals surface area contributed by atoms with E-state index in [9.17, 15) is 22.0 Å². The highest BCUT2D eigenvalue weighted by molar-refractivity contribution is 7.91. The summed E-state index contributed by atoms with van der Waals surface area (Å²) in [6, 6.07) is 1.91. The first-order valence-corrected chi connectivity index (χ1v) is 9.79. The van der Waals surface area contributed by atoms with E-state index < -0.39 is 33.6 Å². The van der Waals surface area contributed by atoms with Gasteiger partial charge in [0.05, 0.1) is 35.8 Å². The van der Waals surface area contributed by atoms with Crippen molar-refractivity contribution in [1.29, 1.82) is 0 Å². The third-order valence-electron chi connectivity index (χ3n) is 4.45. The van der Waals surface area contributed by atoms with Crippen molar-refractivity contribution in [3.8, 4) is 0 Å². The van der Waals surface area contributed by atoms with Crippen LogP contribution in [0, 0.1) is 11.6 Å². The Morgan fingerprint density at radius 1 is 1.28 bits per heavy atom. The summed E-state index contributed by atoms with van der Waals surface area (Å²) in [4.78, 5) is 16.4. The maximum atomic E-state index is 14.3. The number of fused-ring (bicyclic) bond motifs is 1. The minimum absolute atomic E-state index is 0.0123. The summed E-state index contributed by atoms with van der Waals surface area (Å²) < 4.78 is 51.6. The molecule has 2 atom stereocenters. The van der Waals surface area contributed by atoms with Gasteiger partial charge >= 0.3 is 0 Å². The van der Waals surface area contributed by atoms with Crippen molar-refractivity contribution in [1.82, 2.24) is 9.80 Å². The normalized spacial score (nSPS) is 24.6. The number of carbonyl (C=O) groups is 1. The van der Waals surface area contributed by atoms with E-state index in [1.54, 1.807) is 14.1 Å². The highest BCUT2D eigenvalue weighted by Crippen LogP contribution is 2.36. The molecule has 2 fully saturated rings. The van der Waals surface area contributed by atoms with Crippen LogP contribution in [0.5, 0.6) is 0 Å². The van der Waals surface area contributed by atoms with Crippen LogP contribution in [0.15, 0.2) is 18.2 Å². The zero-order valence-electron chi connectivity index (χ0n) is 13.6. The van der Waals surface area contributed by atoms with Crippen LogP contribution < -0.4 is 4.90 Å². The number of amides is 1. The van der Waals surface area contributed by atoms with Crippen LogP contribution in [-0.4, -0.2) is 73.5 Å². The van der Waals surface area contributed by atoms with Crippen molar-refractivity contribution in [3.63, 3.8) is 0 Å². The Kier molecular flexibility index (Phi) is 4.44. The van der Waals surface area contributed by atoms with Gasteiger partial charge in [-0.05, 0) is 24.4 Å². The number of hydrogen-bond donors (Lipinski definition) is 0. The molecule has 0 bridgehead atoms. The summed E-state index contributed by atoms with van der Waals surface area (Å²) in [6.45, 7) is -0.0954. The summed E-state index contributed by atoms with van der Waals surface area (Å²) in [5, 5.41) is 0.172. The van der Waals surface area contributed by atoms with E-state index in [2.05, 4.69) is 0 Å². The van der Waals surface area contributed by atoms with Gasteiger partial charge in [0.1, 0.15) is 11.6 Å². The molecule has 2 aliphatic heterocycles. The van der Waals surface area contributed by atoms with Crippen LogP contribution in [0.1, 0.15) is 0 Å². The van der Waals surface area contributed by atoms with Gasteiger partial charge in [-0.25, -0.2) is 17.2 Å². The SMILES string of the molecule is CN(C)C(=O)CN1C(=S)N(c2ccc(F)cc2F)[C@@H]2CS(=O)(=O)C[C@@H]21. The van der Waals surface area contributed by atoms with Crippen LogP contribution >= 0.6 is 12.2 Å². The average Bonchev–Trinajstić information content (AvgIpc) is 2.92. The Balaban J connectivity index is 2.01. The van der Waals surface area contributed by atoms with Gasteiger partial charge in [-0.2, -0.15) is 0 Å². The zero-order valence-corrected chi connectivity index (χ0v) is 15.3. The van der Waals surface area contributed by atoms with E-state index >= 15 is 0 Å². The summed E-state index contributed by atoms with van der Waals surface area (Å²) in [5.74, 6) is -2.15. The van der Waals surface area contributed by atoms with Crippen molar-refractivity contribution >= 4 is 38.8 Å². The van der Waals surface area contributed by atoms with E-state index in [1.165, 1.54) is 20.8 Å². The van der Waals surface area contributed by atoms with Gasteiger partial charge in [-0.3, -0.25) is 4.79 Å². The molecule has 2 heterocycles. The summed E-state index contributed by atoms with van der Waals surface area (Å²) in [5.41, 5.74) is 0.0123. The lowest BCUT2D eigenvalue weighted by Gasteiger charge is -2.26. The van der Waals surface area contributed by atoms with Crippen molar-refractivity contribution in [2.45, 2.75) is 12.1 Å². The summed E-state index contributed by atoms with van der Waals surface area (Å²) in [6.07, 6.45) is 0. The van der Waals surface area contributed by atoms with Gasteiger partial charge in [0.25, 0.3) is 0 Å². The fourth-order valence-electron chi connectivity index (χ4n) is 3.21. The van der Waals surface area contributed by atoms with Crippen LogP contribution in [0.4, 0.5) is 14.5 Å². The first-order chi connectivity index (χ1) is 11.6. The molecule has 1 amide bonds. The molecule has 25 heavy (non-hydrogen) atoms. The maximum absolute atomic E-state index is 14.3. The Labute approximate surface area is 149 Å². The third-order valence-corrected chi connectivity index (χ3v) is 6.58. The number of nitrogens with zero attached hydrogens (tertiary/aromatic N) is 3. The highest BCUT2D eigenvalue weighted by atomic mass is 32.2. The van der Waals surface area contributed by atoms with Crippen LogP contribution in [0.3, 0.4) is 0 Å². The molecule has 0 radical (unpaired) electrons. The number of likely N-dealkylation sites (N-methyl/N-ethyl adjacent to an activating group) is 1. The topological polar surface area (TPSA) is 60.9 Å². The smallest absolute Gasteiger partial charge is 0.241 e. The monoisotopic (exact) mass is 389 g/mol. The quantitative estimate of drug-likeness (QED) is 0.707. The second-order valence-electron chi connectivity index (χ2n) is 6.38. The molecule has 6 nitrogen and oxygen atoms in total. The molecule has 1 aromatic carbocycles. The van der Waals surface area contributed by atoms with Crippen LogP contribution in [-0.2, 0) is 14.6 Å². The lowest BCUT2D eigenvalue weighted by Crippen LogP contribution is -2.44.